The molecule has 0 saturated carbocycles. The fourth-order valence-corrected chi connectivity index (χ4v) is 3.95. The molecule has 0 aliphatic heterocycles. The van der Waals surface area contributed by atoms with E-state index >= 15 is 0 Å². The van der Waals surface area contributed by atoms with Crippen LogP contribution in [-0.4, -0.2) is 8.42 Å². The Hall–Kier alpha value is -1.85. The Morgan fingerprint density at radius 3 is 2.24 bits per heavy atom. The second kappa shape index (κ2) is 5.87. The lowest BCUT2D eigenvalue weighted by molar-refractivity contribution is 0.580. The van der Waals surface area contributed by atoms with Crippen LogP contribution in [0.3, 0.4) is 0 Å². The Balaban J connectivity index is 2.27. The number of benzene rings is 2. The molecule has 5 heteroatoms. The minimum atomic E-state index is -3.55. The molecule has 2 aromatic carbocycles. The molecule has 0 spiro atoms. The second-order valence-electron chi connectivity index (χ2n) is 5.30. The summed E-state index contributed by atoms with van der Waals surface area (Å²) in [5.41, 5.74) is 9.66. The van der Waals surface area contributed by atoms with Gasteiger partial charge in [-0.25, -0.2) is 13.1 Å². The molecular formula is C16H20N2O2S. The summed E-state index contributed by atoms with van der Waals surface area (Å²) in [4.78, 5) is 0.310. The number of nitrogens with one attached hydrogen (secondary N) is 1. The molecule has 0 heterocycles. The molecule has 0 aromatic heterocycles. The Morgan fingerprint density at radius 1 is 1.05 bits per heavy atom. The zero-order valence-electron chi connectivity index (χ0n) is 12.5. The Kier molecular flexibility index (Phi) is 4.34. The van der Waals surface area contributed by atoms with E-state index in [9.17, 15) is 8.42 Å². The number of aryl methyl sites for hydroxylation is 3. The number of nitrogen functional groups attached to an aromatic ring is 1. The smallest absolute Gasteiger partial charge is 0.241 e. The molecule has 0 unspecified atom stereocenters. The number of anilines is 1. The molecule has 0 fully saturated rings. The van der Waals surface area contributed by atoms with E-state index in [1.165, 1.54) is 0 Å². The molecule has 0 radical (unpaired) electrons. The number of rotatable bonds is 4. The summed E-state index contributed by atoms with van der Waals surface area (Å²) in [5.74, 6) is 0. The molecule has 2 rings (SSSR count). The Labute approximate surface area is 126 Å². The van der Waals surface area contributed by atoms with Crippen LogP contribution >= 0.6 is 0 Å². The minimum Gasteiger partial charge on any atom is -0.399 e. The Bertz CT molecular complexity index is 745. The van der Waals surface area contributed by atoms with Gasteiger partial charge in [0.15, 0.2) is 0 Å². The van der Waals surface area contributed by atoms with Gasteiger partial charge in [0.1, 0.15) is 0 Å². The van der Waals surface area contributed by atoms with Gasteiger partial charge in [-0.15, -0.1) is 0 Å². The quantitative estimate of drug-likeness (QED) is 0.853. The van der Waals surface area contributed by atoms with Crippen molar-refractivity contribution in [3.05, 3.63) is 58.7 Å². The highest BCUT2D eigenvalue weighted by atomic mass is 32.2. The first-order chi connectivity index (χ1) is 9.79. The average molecular weight is 304 g/mol. The lowest BCUT2D eigenvalue weighted by Crippen LogP contribution is -2.25. The van der Waals surface area contributed by atoms with Crippen molar-refractivity contribution in [2.24, 2.45) is 0 Å². The van der Waals surface area contributed by atoms with Crippen LogP contribution in [0.5, 0.6) is 0 Å². The van der Waals surface area contributed by atoms with Crippen molar-refractivity contribution in [1.82, 2.24) is 4.72 Å². The molecule has 0 amide bonds. The first-order valence-corrected chi connectivity index (χ1v) is 8.20. The summed E-state index contributed by atoms with van der Waals surface area (Å²) >= 11 is 0. The van der Waals surface area contributed by atoms with Crippen molar-refractivity contribution in [3.8, 4) is 0 Å². The van der Waals surface area contributed by atoms with E-state index in [1.807, 2.05) is 31.2 Å². The summed E-state index contributed by atoms with van der Waals surface area (Å²) in [6, 6.07) is 11.1. The molecule has 2 aromatic rings. The first kappa shape index (κ1) is 15.5. The molecule has 0 aliphatic carbocycles. The molecular weight excluding hydrogens is 284 g/mol. The number of nitrogens with two attached hydrogens (primary N) is 1. The van der Waals surface area contributed by atoms with E-state index in [-0.39, 0.29) is 6.54 Å². The van der Waals surface area contributed by atoms with Crippen LogP contribution < -0.4 is 10.5 Å². The van der Waals surface area contributed by atoms with Crippen LogP contribution in [0.4, 0.5) is 5.69 Å². The van der Waals surface area contributed by atoms with E-state index in [4.69, 9.17) is 5.73 Å². The van der Waals surface area contributed by atoms with Gasteiger partial charge >= 0.3 is 0 Å². The molecule has 3 N–H and O–H groups in total. The van der Waals surface area contributed by atoms with E-state index in [0.717, 1.165) is 11.1 Å². The number of hydrogen-bond acceptors (Lipinski definition) is 3. The van der Waals surface area contributed by atoms with Crippen LogP contribution in [0, 0.1) is 20.8 Å². The fourth-order valence-electron chi connectivity index (χ4n) is 2.48. The van der Waals surface area contributed by atoms with Gasteiger partial charge in [0.25, 0.3) is 0 Å². The maximum Gasteiger partial charge on any atom is 0.241 e. The predicted molar refractivity (Wildman–Crippen MR) is 85.5 cm³/mol. The highest BCUT2D eigenvalue weighted by Crippen LogP contribution is 2.23. The lowest BCUT2D eigenvalue weighted by Gasteiger charge is -2.13. The fraction of sp³-hybridized carbons (Fsp3) is 0.250. The van der Waals surface area contributed by atoms with Gasteiger partial charge in [0, 0.05) is 12.2 Å². The van der Waals surface area contributed by atoms with Crippen molar-refractivity contribution in [2.75, 3.05) is 5.73 Å². The average Bonchev–Trinajstić information content (AvgIpc) is 2.35. The second-order valence-corrected chi connectivity index (χ2v) is 7.00. The maximum atomic E-state index is 12.5. The van der Waals surface area contributed by atoms with E-state index in [0.29, 0.717) is 21.7 Å². The lowest BCUT2D eigenvalue weighted by atomic mass is 10.1. The van der Waals surface area contributed by atoms with Gasteiger partial charge in [-0.05, 0) is 49.6 Å². The Morgan fingerprint density at radius 2 is 1.67 bits per heavy atom. The third-order valence-corrected chi connectivity index (χ3v) is 5.01. The molecule has 112 valence electrons. The van der Waals surface area contributed by atoms with Gasteiger partial charge in [-0.2, -0.15) is 0 Å². The summed E-state index contributed by atoms with van der Waals surface area (Å²) in [6.07, 6.45) is 0. The van der Waals surface area contributed by atoms with Gasteiger partial charge < -0.3 is 5.73 Å². The summed E-state index contributed by atoms with van der Waals surface area (Å²) in [6.45, 7) is 5.76. The van der Waals surface area contributed by atoms with Crippen LogP contribution in [0.25, 0.3) is 0 Å². The third-order valence-electron chi connectivity index (χ3n) is 3.30. The van der Waals surface area contributed by atoms with Gasteiger partial charge in [-0.3, -0.25) is 0 Å². The van der Waals surface area contributed by atoms with Crippen LogP contribution in [0.2, 0.25) is 0 Å². The van der Waals surface area contributed by atoms with Crippen LogP contribution in [0.15, 0.2) is 41.3 Å². The molecule has 0 aliphatic rings. The van der Waals surface area contributed by atoms with Gasteiger partial charge in [-0.1, -0.05) is 29.8 Å². The summed E-state index contributed by atoms with van der Waals surface area (Å²) < 4.78 is 27.6. The largest absolute Gasteiger partial charge is 0.399 e. The van der Waals surface area contributed by atoms with Gasteiger partial charge in [0.2, 0.25) is 10.0 Å². The number of sulfonamides is 1. The van der Waals surface area contributed by atoms with Gasteiger partial charge in [0.05, 0.1) is 4.90 Å². The standard InChI is InChI=1S/C16H20N2O2S/c1-11-5-4-6-14(7-11)10-18-21(19,20)16-12(2)8-15(17)9-13(16)3/h4-9,18H,10,17H2,1-3H3. The normalized spacial score (nSPS) is 11.6. The molecule has 0 atom stereocenters. The highest BCUT2D eigenvalue weighted by molar-refractivity contribution is 7.89. The molecule has 4 nitrogen and oxygen atoms in total. The predicted octanol–water partition coefficient (Wildman–Crippen LogP) is 2.67. The van der Waals surface area contributed by atoms with E-state index < -0.39 is 10.0 Å². The van der Waals surface area contributed by atoms with Crippen molar-refractivity contribution in [3.63, 3.8) is 0 Å². The summed E-state index contributed by atoms with van der Waals surface area (Å²) in [5, 5.41) is 0. The first-order valence-electron chi connectivity index (χ1n) is 6.71. The molecule has 21 heavy (non-hydrogen) atoms. The number of hydrogen-bond donors (Lipinski definition) is 2. The van der Waals surface area contributed by atoms with Crippen molar-refractivity contribution in [2.45, 2.75) is 32.2 Å². The van der Waals surface area contributed by atoms with E-state index in [2.05, 4.69) is 4.72 Å². The molecule has 0 bridgehead atoms. The third kappa shape index (κ3) is 3.62. The molecule has 0 saturated heterocycles. The highest BCUT2D eigenvalue weighted by Gasteiger charge is 2.19. The minimum absolute atomic E-state index is 0.271. The zero-order chi connectivity index (χ0) is 15.6. The SMILES string of the molecule is Cc1cccc(CNS(=O)(=O)c2c(C)cc(N)cc2C)c1. The monoisotopic (exact) mass is 304 g/mol. The van der Waals surface area contributed by atoms with Crippen molar-refractivity contribution >= 4 is 15.7 Å². The zero-order valence-corrected chi connectivity index (χ0v) is 13.3. The van der Waals surface area contributed by atoms with Crippen LogP contribution in [-0.2, 0) is 16.6 Å². The topological polar surface area (TPSA) is 72.2 Å². The van der Waals surface area contributed by atoms with Crippen molar-refractivity contribution < 1.29 is 8.42 Å². The van der Waals surface area contributed by atoms with Crippen LogP contribution in [0.1, 0.15) is 22.3 Å². The summed E-state index contributed by atoms with van der Waals surface area (Å²) in [7, 11) is -3.55. The maximum absolute atomic E-state index is 12.5. The van der Waals surface area contributed by atoms with E-state index in [1.54, 1.807) is 26.0 Å². The van der Waals surface area contributed by atoms with Crippen molar-refractivity contribution in [1.29, 1.82) is 0 Å².